The summed E-state index contributed by atoms with van der Waals surface area (Å²) < 4.78 is 2.77. The minimum atomic E-state index is 0.294. The third kappa shape index (κ3) is 3.09. The topological polar surface area (TPSA) is 29.9 Å². The van der Waals surface area contributed by atoms with Gasteiger partial charge in [-0.25, -0.2) is 0 Å². The van der Waals surface area contributed by atoms with Crippen LogP contribution in [-0.2, 0) is 13.5 Å². The molecular weight excluding hydrogens is 254 g/mol. The summed E-state index contributed by atoms with van der Waals surface area (Å²) in [6, 6.07) is 6.39. The molecule has 2 aromatic heterocycles. The maximum atomic E-state index is 5.96. The zero-order valence-corrected chi connectivity index (χ0v) is 11.6. The van der Waals surface area contributed by atoms with Crippen molar-refractivity contribution in [3.63, 3.8) is 0 Å². The quantitative estimate of drug-likeness (QED) is 0.904. The van der Waals surface area contributed by atoms with Crippen LogP contribution in [0.5, 0.6) is 0 Å². The number of aryl methyl sites for hydroxylation is 1. The van der Waals surface area contributed by atoms with Gasteiger partial charge >= 0.3 is 0 Å². The highest BCUT2D eigenvalue weighted by Crippen LogP contribution is 2.26. The van der Waals surface area contributed by atoms with Gasteiger partial charge in [0, 0.05) is 24.5 Å². The van der Waals surface area contributed by atoms with Crippen molar-refractivity contribution < 1.29 is 0 Å². The van der Waals surface area contributed by atoms with E-state index in [4.69, 9.17) is 11.6 Å². The molecular formula is C12H16ClN3S. The molecule has 0 aliphatic heterocycles. The van der Waals surface area contributed by atoms with Crippen molar-refractivity contribution in [1.29, 1.82) is 0 Å². The Hall–Kier alpha value is -0.840. The Labute approximate surface area is 110 Å². The SMILES string of the molecule is CCNC(Cc1ccc(Cl)s1)c1ccnn1C. The Bertz CT molecular complexity index is 478. The van der Waals surface area contributed by atoms with Crippen LogP contribution in [0, 0.1) is 0 Å². The average Bonchev–Trinajstić information content (AvgIpc) is 2.87. The fourth-order valence-electron chi connectivity index (χ4n) is 1.92. The van der Waals surface area contributed by atoms with E-state index < -0.39 is 0 Å². The third-order valence-corrected chi connectivity index (χ3v) is 3.95. The summed E-state index contributed by atoms with van der Waals surface area (Å²) in [4.78, 5) is 1.29. The number of rotatable bonds is 5. The molecule has 0 saturated carbocycles. The molecule has 1 N–H and O–H groups in total. The number of aromatic nitrogens is 2. The van der Waals surface area contributed by atoms with Gasteiger partial charge in [0.1, 0.15) is 0 Å². The van der Waals surface area contributed by atoms with Gasteiger partial charge in [-0.15, -0.1) is 11.3 Å². The first-order chi connectivity index (χ1) is 8.20. The molecule has 0 aliphatic rings. The second-order valence-corrected chi connectivity index (χ2v) is 5.70. The molecule has 0 radical (unpaired) electrons. The number of hydrogen-bond donors (Lipinski definition) is 1. The Balaban J connectivity index is 2.15. The highest BCUT2D eigenvalue weighted by Gasteiger charge is 2.15. The van der Waals surface area contributed by atoms with Gasteiger partial charge in [0.05, 0.1) is 16.1 Å². The summed E-state index contributed by atoms with van der Waals surface area (Å²) >= 11 is 7.60. The van der Waals surface area contributed by atoms with Crippen LogP contribution in [0.25, 0.3) is 0 Å². The summed E-state index contributed by atoms with van der Waals surface area (Å²) in [5, 5.41) is 7.71. The zero-order valence-electron chi connectivity index (χ0n) is 9.98. The summed E-state index contributed by atoms with van der Waals surface area (Å²) in [6.07, 6.45) is 2.78. The molecule has 0 aliphatic carbocycles. The molecule has 0 bridgehead atoms. The molecule has 5 heteroatoms. The molecule has 2 rings (SSSR count). The fraction of sp³-hybridized carbons (Fsp3) is 0.417. The van der Waals surface area contributed by atoms with Crippen molar-refractivity contribution in [2.45, 2.75) is 19.4 Å². The van der Waals surface area contributed by atoms with E-state index in [2.05, 4.69) is 29.5 Å². The van der Waals surface area contributed by atoms with E-state index in [1.165, 1.54) is 10.6 Å². The van der Waals surface area contributed by atoms with Gasteiger partial charge in [0.25, 0.3) is 0 Å². The van der Waals surface area contributed by atoms with Crippen LogP contribution in [-0.4, -0.2) is 16.3 Å². The van der Waals surface area contributed by atoms with E-state index in [9.17, 15) is 0 Å². The van der Waals surface area contributed by atoms with Gasteiger partial charge in [-0.1, -0.05) is 18.5 Å². The predicted molar refractivity (Wildman–Crippen MR) is 72.7 cm³/mol. The molecule has 0 fully saturated rings. The molecule has 1 unspecified atom stereocenters. The van der Waals surface area contributed by atoms with E-state index >= 15 is 0 Å². The molecule has 2 heterocycles. The lowest BCUT2D eigenvalue weighted by Crippen LogP contribution is -2.24. The summed E-state index contributed by atoms with van der Waals surface area (Å²) in [6.45, 7) is 3.06. The second kappa shape index (κ2) is 5.67. The number of thiophene rings is 1. The smallest absolute Gasteiger partial charge is 0.0931 e. The highest BCUT2D eigenvalue weighted by atomic mass is 35.5. The second-order valence-electron chi connectivity index (χ2n) is 3.90. The molecule has 0 aromatic carbocycles. The average molecular weight is 270 g/mol. The molecule has 0 spiro atoms. The lowest BCUT2D eigenvalue weighted by Gasteiger charge is -2.17. The molecule has 3 nitrogen and oxygen atoms in total. The van der Waals surface area contributed by atoms with Crippen LogP contribution in [0.15, 0.2) is 24.4 Å². The number of nitrogens with zero attached hydrogens (tertiary/aromatic N) is 2. The Morgan fingerprint density at radius 1 is 1.47 bits per heavy atom. The monoisotopic (exact) mass is 269 g/mol. The maximum Gasteiger partial charge on any atom is 0.0931 e. The number of halogens is 1. The molecule has 0 saturated heterocycles. The van der Waals surface area contributed by atoms with Crippen molar-refractivity contribution >= 4 is 22.9 Å². The lowest BCUT2D eigenvalue weighted by molar-refractivity contribution is 0.510. The van der Waals surface area contributed by atoms with Crippen LogP contribution in [0.2, 0.25) is 4.34 Å². The molecule has 2 aromatic rings. The normalized spacial score (nSPS) is 12.9. The lowest BCUT2D eigenvalue weighted by atomic mass is 10.1. The van der Waals surface area contributed by atoms with Crippen molar-refractivity contribution in [2.24, 2.45) is 7.05 Å². The summed E-state index contributed by atoms with van der Waals surface area (Å²) in [5.74, 6) is 0. The van der Waals surface area contributed by atoms with Crippen molar-refractivity contribution in [3.8, 4) is 0 Å². The van der Waals surface area contributed by atoms with E-state index in [0.29, 0.717) is 6.04 Å². The third-order valence-electron chi connectivity index (χ3n) is 2.70. The number of hydrogen-bond acceptors (Lipinski definition) is 3. The Morgan fingerprint density at radius 3 is 2.82 bits per heavy atom. The Kier molecular flexibility index (Phi) is 4.20. The van der Waals surface area contributed by atoms with Crippen molar-refractivity contribution in [2.75, 3.05) is 6.54 Å². The first-order valence-electron chi connectivity index (χ1n) is 5.66. The Morgan fingerprint density at radius 2 is 2.29 bits per heavy atom. The number of likely N-dealkylation sites (N-methyl/N-ethyl adjacent to an activating group) is 1. The van der Waals surface area contributed by atoms with E-state index in [0.717, 1.165) is 17.3 Å². The van der Waals surface area contributed by atoms with E-state index in [-0.39, 0.29) is 0 Å². The molecule has 1 atom stereocenters. The first-order valence-corrected chi connectivity index (χ1v) is 6.85. The van der Waals surface area contributed by atoms with Gasteiger partial charge in [0.15, 0.2) is 0 Å². The van der Waals surface area contributed by atoms with Crippen molar-refractivity contribution in [3.05, 3.63) is 39.3 Å². The minimum absolute atomic E-state index is 0.294. The van der Waals surface area contributed by atoms with Crippen LogP contribution in [0.4, 0.5) is 0 Å². The summed E-state index contributed by atoms with van der Waals surface area (Å²) in [5.41, 5.74) is 1.20. The maximum absolute atomic E-state index is 5.96. The molecule has 17 heavy (non-hydrogen) atoms. The van der Waals surface area contributed by atoms with Crippen molar-refractivity contribution in [1.82, 2.24) is 15.1 Å². The largest absolute Gasteiger partial charge is 0.309 e. The number of nitrogens with one attached hydrogen (secondary N) is 1. The van der Waals surface area contributed by atoms with Gasteiger partial charge in [-0.3, -0.25) is 4.68 Å². The fourth-order valence-corrected chi connectivity index (χ4v) is 3.05. The first kappa shape index (κ1) is 12.6. The molecule has 92 valence electrons. The standard InChI is InChI=1S/C12H16ClN3S/c1-3-14-10(11-6-7-15-16(11)2)8-9-4-5-12(13)17-9/h4-7,10,14H,3,8H2,1-2H3. The van der Waals surface area contributed by atoms with Gasteiger partial charge in [-0.05, 0) is 24.7 Å². The minimum Gasteiger partial charge on any atom is -0.309 e. The van der Waals surface area contributed by atoms with E-state index in [1.54, 1.807) is 11.3 Å². The van der Waals surface area contributed by atoms with Gasteiger partial charge in [0.2, 0.25) is 0 Å². The van der Waals surface area contributed by atoms with Crippen LogP contribution >= 0.6 is 22.9 Å². The van der Waals surface area contributed by atoms with Crippen LogP contribution in [0.3, 0.4) is 0 Å². The summed E-state index contributed by atoms with van der Waals surface area (Å²) in [7, 11) is 1.97. The predicted octanol–water partition coefficient (Wildman–Crippen LogP) is 3.03. The van der Waals surface area contributed by atoms with E-state index in [1.807, 2.05) is 24.0 Å². The van der Waals surface area contributed by atoms with Crippen LogP contribution in [0.1, 0.15) is 23.5 Å². The molecule has 0 amide bonds. The van der Waals surface area contributed by atoms with Gasteiger partial charge in [-0.2, -0.15) is 5.10 Å². The van der Waals surface area contributed by atoms with Crippen LogP contribution < -0.4 is 5.32 Å². The highest BCUT2D eigenvalue weighted by molar-refractivity contribution is 7.16. The van der Waals surface area contributed by atoms with Gasteiger partial charge < -0.3 is 5.32 Å². The zero-order chi connectivity index (χ0) is 12.3.